The number of pyridine rings is 1. The highest BCUT2D eigenvalue weighted by Gasteiger charge is 2.40. The van der Waals surface area contributed by atoms with Crippen LogP contribution in [0.4, 0.5) is 17.5 Å². The Morgan fingerprint density at radius 1 is 1.05 bits per heavy atom. The first-order valence-electron chi connectivity index (χ1n) is 12.3. The van der Waals surface area contributed by atoms with Crippen LogP contribution in [-0.2, 0) is 20.9 Å². The number of rotatable bonds is 6. The topological polar surface area (TPSA) is 118 Å². The highest BCUT2D eigenvalue weighted by atomic mass is 32.2. The molecule has 4 aromatic rings. The Balaban J connectivity index is 1.21. The average molecular weight is 517 g/mol. The Hall–Kier alpha value is -3.70. The molecule has 10 nitrogen and oxygen atoms in total. The summed E-state index contributed by atoms with van der Waals surface area (Å²) in [5.41, 5.74) is 2.59. The highest BCUT2D eigenvalue weighted by molar-refractivity contribution is 7.92. The van der Waals surface area contributed by atoms with Gasteiger partial charge in [-0.05, 0) is 62.2 Å². The van der Waals surface area contributed by atoms with Crippen molar-refractivity contribution >= 4 is 44.0 Å². The number of ketones is 1. The van der Waals surface area contributed by atoms with E-state index in [1.807, 2.05) is 12.1 Å². The molecule has 1 unspecified atom stereocenters. The van der Waals surface area contributed by atoms with Crippen LogP contribution in [0.3, 0.4) is 0 Å². The molecule has 1 N–H and O–H groups in total. The number of benzene rings is 1. The Morgan fingerprint density at radius 3 is 2.57 bits per heavy atom. The normalized spacial score (nSPS) is 21.4. The van der Waals surface area contributed by atoms with Crippen LogP contribution < -0.4 is 5.32 Å². The first-order chi connectivity index (χ1) is 17.8. The monoisotopic (exact) mass is 516 g/mol. The number of aromatic nitrogens is 5. The molecule has 2 bridgehead atoms. The smallest absolute Gasteiger partial charge is 0.229 e. The van der Waals surface area contributed by atoms with Crippen molar-refractivity contribution in [2.45, 2.75) is 25.3 Å². The van der Waals surface area contributed by atoms with Crippen molar-refractivity contribution in [1.82, 2.24) is 29.6 Å². The van der Waals surface area contributed by atoms with E-state index < -0.39 is 9.73 Å². The fraction of sp³-hybridized carbons (Fsp3) is 0.346. The summed E-state index contributed by atoms with van der Waals surface area (Å²) in [5, 5.41) is 8.44. The quantitative estimate of drug-likeness (QED) is 0.414. The number of carbonyl (C=O) groups is 1. The van der Waals surface area contributed by atoms with Crippen LogP contribution >= 0.6 is 0 Å². The van der Waals surface area contributed by atoms with E-state index >= 15 is 0 Å². The largest absolute Gasteiger partial charge is 0.324 e. The highest BCUT2D eigenvalue weighted by Crippen LogP contribution is 2.31. The van der Waals surface area contributed by atoms with Crippen LogP contribution in [0.25, 0.3) is 16.9 Å². The van der Waals surface area contributed by atoms with Gasteiger partial charge in [-0.25, -0.2) is 14.2 Å². The maximum Gasteiger partial charge on any atom is 0.229 e. The summed E-state index contributed by atoms with van der Waals surface area (Å²) in [6.07, 6.45) is 9.30. The fourth-order valence-electron chi connectivity index (χ4n) is 5.11. The first-order valence-corrected chi connectivity index (χ1v) is 14.6. The minimum absolute atomic E-state index is 0.0124. The summed E-state index contributed by atoms with van der Waals surface area (Å²) >= 11 is 0. The second kappa shape index (κ2) is 9.31. The van der Waals surface area contributed by atoms with Crippen molar-refractivity contribution in [1.29, 1.82) is 0 Å². The molecule has 3 aromatic heterocycles. The predicted molar refractivity (Wildman–Crippen MR) is 143 cm³/mol. The van der Waals surface area contributed by atoms with Gasteiger partial charge in [-0.1, -0.05) is 18.2 Å². The summed E-state index contributed by atoms with van der Waals surface area (Å²) in [6, 6.07) is 13.4. The van der Waals surface area contributed by atoms with Crippen LogP contribution in [-0.4, -0.2) is 71.3 Å². The molecule has 3 aliphatic rings. The maximum atomic E-state index is 12.7. The molecule has 0 radical (unpaired) electrons. The molecule has 1 atom stereocenters. The van der Waals surface area contributed by atoms with Gasteiger partial charge in [0.15, 0.2) is 23.1 Å². The number of hydrogen-bond donors (Lipinski definition) is 1. The van der Waals surface area contributed by atoms with Crippen molar-refractivity contribution in [2.75, 3.05) is 30.9 Å². The van der Waals surface area contributed by atoms with Gasteiger partial charge >= 0.3 is 0 Å². The van der Waals surface area contributed by atoms with E-state index in [0.717, 1.165) is 49.0 Å². The summed E-state index contributed by atoms with van der Waals surface area (Å²) < 4.78 is 17.9. The second-order valence-corrected chi connectivity index (χ2v) is 12.5. The molecule has 0 amide bonds. The zero-order valence-electron chi connectivity index (χ0n) is 20.7. The molecule has 1 aromatic carbocycles. The minimum atomic E-state index is -2.34. The van der Waals surface area contributed by atoms with Crippen LogP contribution in [0.5, 0.6) is 0 Å². The van der Waals surface area contributed by atoms with Gasteiger partial charge in [0.2, 0.25) is 5.95 Å². The first kappa shape index (κ1) is 23.7. The molecule has 0 aliphatic carbocycles. The lowest BCUT2D eigenvalue weighted by Gasteiger charge is -2.44. The Bertz CT molecular complexity index is 1590. The molecule has 7 rings (SSSR count). The number of nitrogens with zero attached hydrogens (tertiary/aromatic N) is 7. The summed E-state index contributed by atoms with van der Waals surface area (Å²) in [5.74, 6) is 1.99. The van der Waals surface area contributed by atoms with Gasteiger partial charge < -0.3 is 5.32 Å². The lowest BCUT2D eigenvalue weighted by Crippen LogP contribution is -2.56. The van der Waals surface area contributed by atoms with Gasteiger partial charge in [0.25, 0.3) is 0 Å². The molecule has 0 spiro atoms. The summed E-state index contributed by atoms with van der Waals surface area (Å²) in [4.78, 5) is 28.6. The maximum absolute atomic E-state index is 12.7. The van der Waals surface area contributed by atoms with Gasteiger partial charge in [-0.2, -0.15) is 19.1 Å². The average Bonchev–Trinajstić information content (AvgIpc) is 3.30. The van der Waals surface area contributed by atoms with Gasteiger partial charge in [-0.15, -0.1) is 0 Å². The zero-order valence-corrected chi connectivity index (χ0v) is 21.6. The second-order valence-electron chi connectivity index (χ2n) is 9.91. The van der Waals surface area contributed by atoms with E-state index in [1.54, 1.807) is 47.8 Å². The van der Waals surface area contributed by atoms with E-state index in [9.17, 15) is 9.00 Å². The van der Waals surface area contributed by atoms with E-state index in [1.165, 1.54) is 0 Å². The van der Waals surface area contributed by atoms with Crippen molar-refractivity contribution in [3.8, 4) is 5.82 Å². The molecule has 0 saturated carbocycles. The van der Waals surface area contributed by atoms with Gasteiger partial charge in [0.05, 0.1) is 17.6 Å². The minimum Gasteiger partial charge on any atom is -0.324 e. The van der Waals surface area contributed by atoms with E-state index in [2.05, 4.69) is 46.8 Å². The van der Waals surface area contributed by atoms with E-state index in [0.29, 0.717) is 29.0 Å². The summed E-state index contributed by atoms with van der Waals surface area (Å²) in [7, 11) is -2.34. The van der Waals surface area contributed by atoms with Crippen LogP contribution in [0.15, 0.2) is 59.2 Å². The molecule has 6 heterocycles. The summed E-state index contributed by atoms with van der Waals surface area (Å²) in [6.45, 7) is 2.06. The van der Waals surface area contributed by atoms with E-state index in [4.69, 9.17) is 0 Å². The number of hydrogen-bond acceptors (Lipinski definition) is 9. The third kappa shape index (κ3) is 4.96. The van der Waals surface area contributed by atoms with Crippen LogP contribution in [0.2, 0.25) is 0 Å². The zero-order chi connectivity index (χ0) is 25.6. The lowest BCUT2D eigenvalue weighted by atomic mass is 9.80. The van der Waals surface area contributed by atoms with Crippen LogP contribution in [0, 0.1) is 5.92 Å². The van der Waals surface area contributed by atoms with Crippen molar-refractivity contribution in [3.05, 3.63) is 60.4 Å². The SMILES string of the molecule is CS(C)(=O)=Nc1cccc(-n2ncc3cnc(Nc4ccc(CC5C(=O)C6CCN5CC6)cc4)nc32)n1. The van der Waals surface area contributed by atoms with Gasteiger partial charge in [0, 0.05) is 40.0 Å². The standard InChI is InChI=1S/C26H28N8O2S/c1-37(2,36)32-22-4-3-5-23(30-22)34-25-19(16-28-34)15-27-26(31-25)29-20-8-6-17(7-9-20)14-21-24(35)18-10-12-33(21)13-11-18/h3-9,15-16,18,21H,10-14H2,1-2H3,(H,27,29,31). The lowest BCUT2D eigenvalue weighted by molar-refractivity contribution is -0.136. The molecule has 3 saturated heterocycles. The number of fused-ring (bicyclic) bond motifs is 4. The van der Waals surface area contributed by atoms with Crippen LogP contribution in [0.1, 0.15) is 18.4 Å². The van der Waals surface area contributed by atoms with Crippen molar-refractivity contribution in [2.24, 2.45) is 10.3 Å². The molecular weight excluding hydrogens is 488 g/mol. The Labute approximate surface area is 215 Å². The molecule has 3 fully saturated rings. The molecule has 190 valence electrons. The number of Topliss-reactive ketones (excluding diaryl/α,β-unsaturated/α-hetero) is 1. The Morgan fingerprint density at radius 2 is 1.84 bits per heavy atom. The van der Waals surface area contributed by atoms with E-state index in [-0.39, 0.29) is 12.0 Å². The number of nitrogens with one attached hydrogen (secondary N) is 1. The molecular formula is C26H28N8O2S. The predicted octanol–water partition coefficient (Wildman–Crippen LogP) is 3.52. The van der Waals surface area contributed by atoms with Gasteiger partial charge in [-0.3, -0.25) is 9.69 Å². The van der Waals surface area contributed by atoms with Crippen molar-refractivity contribution < 1.29 is 9.00 Å². The number of piperidine rings is 3. The number of anilines is 2. The third-order valence-corrected chi connectivity index (χ3v) is 7.53. The van der Waals surface area contributed by atoms with Crippen molar-refractivity contribution in [3.63, 3.8) is 0 Å². The Kier molecular flexibility index (Phi) is 5.96. The molecule has 3 aliphatic heterocycles. The van der Waals surface area contributed by atoms with Gasteiger partial charge in [0.1, 0.15) is 0 Å². The third-order valence-electron chi connectivity index (χ3n) is 6.90. The fourth-order valence-corrected chi connectivity index (χ4v) is 5.66. The molecule has 11 heteroatoms. The number of carbonyl (C=O) groups excluding carboxylic acids is 1. The molecule has 37 heavy (non-hydrogen) atoms.